The van der Waals surface area contributed by atoms with E-state index in [0.29, 0.717) is 23.2 Å². The van der Waals surface area contributed by atoms with Gasteiger partial charge in [-0.15, -0.1) is 0 Å². The van der Waals surface area contributed by atoms with Gasteiger partial charge in [0.15, 0.2) is 5.11 Å². The highest BCUT2D eigenvalue weighted by Gasteiger charge is 2.21. The van der Waals surface area contributed by atoms with Gasteiger partial charge in [-0.1, -0.05) is 32.0 Å². The van der Waals surface area contributed by atoms with Gasteiger partial charge >= 0.3 is 0 Å². The summed E-state index contributed by atoms with van der Waals surface area (Å²) in [6.45, 7) is 5.62. The fourth-order valence-corrected chi connectivity index (χ4v) is 3.77. The molecule has 0 spiro atoms. The summed E-state index contributed by atoms with van der Waals surface area (Å²) in [5.74, 6) is 0.941. The highest BCUT2D eigenvalue weighted by molar-refractivity contribution is 9.10. The van der Waals surface area contributed by atoms with E-state index in [1.165, 1.54) is 5.56 Å². The molecule has 0 bridgehead atoms. The molecule has 1 heterocycles. The van der Waals surface area contributed by atoms with E-state index in [9.17, 15) is 4.79 Å². The van der Waals surface area contributed by atoms with Crippen LogP contribution in [-0.4, -0.2) is 24.2 Å². The van der Waals surface area contributed by atoms with Crippen molar-refractivity contribution >= 4 is 44.9 Å². The summed E-state index contributed by atoms with van der Waals surface area (Å²) < 4.78 is 6.49. The minimum atomic E-state index is -0.223. The number of carbonyl (C=O) groups is 1. The number of fused-ring (bicyclic) bond motifs is 1. The molecule has 0 atom stereocenters. The second-order valence-corrected chi connectivity index (χ2v) is 8.23. The van der Waals surface area contributed by atoms with Crippen molar-refractivity contribution in [3.63, 3.8) is 0 Å². The molecule has 2 aromatic rings. The highest BCUT2D eigenvalue weighted by Crippen LogP contribution is 2.28. The lowest BCUT2D eigenvalue weighted by molar-refractivity contribution is 0.0977. The molecule has 1 aliphatic heterocycles. The Morgan fingerprint density at radius 1 is 1.30 bits per heavy atom. The van der Waals surface area contributed by atoms with Crippen LogP contribution in [0.2, 0.25) is 0 Å². The van der Waals surface area contributed by atoms with Gasteiger partial charge in [0.2, 0.25) is 0 Å². The lowest BCUT2D eigenvalue weighted by atomic mass is 10.0. The van der Waals surface area contributed by atoms with Gasteiger partial charge in [-0.3, -0.25) is 10.1 Å². The zero-order chi connectivity index (χ0) is 19.4. The van der Waals surface area contributed by atoms with E-state index in [2.05, 4.69) is 41.2 Å². The smallest absolute Gasteiger partial charge is 0.257 e. The molecular weight excluding hydrogens is 424 g/mol. The van der Waals surface area contributed by atoms with E-state index < -0.39 is 0 Å². The second-order valence-electron chi connectivity index (χ2n) is 6.99. The molecule has 0 saturated carbocycles. The molecule has 0 fully saturated rings. The number of hydrogen-bond acceptors (Lipinski definition) is 3. The molecular formula is C21H23BrN2O2S. The third-order valence-electron chi connectivity index (χ3n) is 4.34. The Bertz CT molecular complexity index is 854. The number of ether oxygens (including phenoxy) is 1. The minimum Gasteiger partial charge on any atom is -0.492 e. The van der Waals surface area contributed by atoms with E-state index in [0.717, 1.165) is 35.3 Å². The monoisotopic (exact) mass is 446 g/mol. The maximum atomic E-state index is 12.7. The van der Waals surface area contributed by atoms with Crippen molar-refractivity contribution in [2.45, 2.75) is 26.7 Å². The summed E-state index contributed by atoms with van der Waals surface area (Å²) >= 11 is 8.99. The van der Waals surface area contributed by atoms with Gasteiger partial charge < -0.3 is 9.64 Å². The molecule has 1 aliphatic rings. The molecule has 0 radical (unpaired) electrons. The molecule has 1 N–H and O–H groups in total. The van der Waals surface area contributed by atoms with Gasteiger partial charge in [0.05, 0.1) is 11.1 Å². The molecule has 3 rings (SSSR count). The van der Waals surface area contributed by atoms with Crippen LogP contribution >= 0.6 is 28.1 Å². The predicted molar refractivity (Wildman–Crippen MR) is 117 cm³/mol. The van der Waals surface area contributed by atoms with Crippen molar-refractivity contribution in [3.8, 4) is 5.75 Å². The summed E-state index contributed by atoms with van der Waals surface area (Å²) in [6, 6.07) is 13.5. The van der Waals surface area contributed by atoms with E-state index in [1.54, 1.807) is 18.2 Å². The quantitative estimate of drug-likeness (QED) is 0.674. The third kappa shape index (κ3) is 4.87. The van der Waals surface area contributed by atoms with Crippen LogP contribution in [0, 0.1) is 5.92 Å². The van der Waals surface area contributed by atoms with Gasteiger partial charge in [0.1, 0.15) is 5.75 Å². The van der Waals surface area contributed by atoms with Crippen molar-refractivity contribution in [1.29, 1.82) is 0 Å². The van der Waals surface area contributed by atoms with E-state index in [4.69, 9.17) is 17.0 Å². The number of aryl methyl sites for hydroxylation is 1. The average molecular weight is 447 g/mol. The fourth-order valence-electron chi connectivity index (χ4n) is 3.00. The SMILES string of the molecule is CC(C)COc1ccc(C(=O)NC(=S)N2CCCc3ccccc32)cc1Br. The first-order valence-electron chi connectivity index (χ1n) is 9.09. The van der Waals surface area contributed by atoms with Crippen LogP contribution in [0.5, 0.6) is 5.75 Å². The normalized spacial score (nSPS) is 13.3. The van der Waals surface area contributed by atoms with Crippen LogP contribution in [0.4, 0.5) is 5.69 Å². The Labute approximate surface area is 174 Å². The van der Waals surface area contributed by atoms with E-state index in [1.807, 2.05) is 23.1 Å². The van der Waals surface area contributed by atoms with Crippen LogP contribution in [0.15, 0.2) is 46.9 Å². The number of carbonyl (C=O) groups excluding carboxylic acids is 1. The van der Waals surface area contributed by atoms with E-state index in [-0.39, 0.29) is 5.91 Å². The van der Waals surface area contributed by atoms with Crippen LogP contribution in [0.3, 0.4) is 0 Å². The van der Waals surface area contributed by atoms with Gasteiger partial charge in [-0.25, -0.2) is 0 Å². The molecule has 1 amide bonds. The van der Waals surface area contributed by atoms with Crippen molar-refractivity contribution < 1.29 is 9.53 Å². The molecule has 0 unspecified atom stereocenters. The Morgan fingerprint density at radius 2 is 2.07 bits per heavy atom. The number of anilines is 1. The van der Waals surface area contributed by atoms with Crippen molar-refractivity contribution in [2.75, 3.05) is 18.1 Å². The first-order chi connectivity index (χ1) is 13.0. The van der Waals surface area contributed by atoms with Crippen LogP contribution in [0.1, 0.15) is 36.2 Å². The second kappa shape index (κ2) is 8.85. The Morgan fingerprint density at radius 3 is 2.81 bits per heavy atom. The van der Waals surface area contributed by atoms with Crippen molar-refractivity contribution in [1.82, 2.24) is 5.32 Å². The summed E-state index contributed by atoms with van der Waals surface area (Å²) in [7, 11) is 0. The van der Waals surface area contributed by atoms with Gasteiger partial charge in [-0.05, 0) is 76.7 Å². The summed E-state index contributed by atoms with van der Waals surface area (Å²) in [6.07, 6.45) is 2.05. The molecule has 27 heavy (non-hydrogen) atoms. The van der Waals surface area contributed by atoms with Crippen LogP contribution in [-0.2, 0) is 6.42 Å². The number of nitrogens with zero attached hydrogens (tertiary/aromatic N) is 1. The number of halogens is 1. The van der Waals surface area contributed by atoms with Crippen LogP contribution < -0.4 is 15.0 Å². The molecule has 2 aromatic carbocycles. The average Bonchev–Trinajstić information content (AvgIpc) is 2.66. The molecule has 0 aromatic heterocycles. The number of amides is 1. The fraction of sp³-hybridized carbons (Fsp3) is 0.333. The largest absolute Gasteiger partial charge is 0.492 e. The molecule has 4 nitrogen and oxygen atoms in total. The number of nitrogens with one attached hydrogen (secondary N) is 1. The maximum Gasteiger partial charge on any atom is 0.257 e. The summed E-state index contributed by atoms with van der Waals surface area (Å²) in [4.78, 5) is 14.7. The van der Waals surface area contributed by atoms with Gasteiger partial charge in [0.25, 0.3) is 5.91 Å². The third-order valence-corrected chi connectivity index (χ3v) is 5.28. The number of benzene rings is 2. The number of thiocarbonyl (C=S) groups is 1. The molecule has 0 aliphatic carbocycles. The number of hydrogen-bond donors (Lipinski definition) is 1. The summed E-state index contributed by atoms with van der Waals surface area (Å²) in [5.41, 5.74) is 2.87. The summed E-state index contributed by atoms with van der Waals surface area (Å²) in [5, 5.41) is 3.29. The highest BCUT2D eigenvalue weighted by atomic mass is 79.9. The Hall–Kier alpha value is -1.92. The maximum absolute atomic E-state index is 12.7. The molecule has 0 saturated heterocycles. The zero-order valence-corrected chi connectivity index (χ0v) is 17.9. The van der Waals surface area contributed by atoms with E-state index >= 15 is 0 Å². The van der Waals surface area contributed by atoms with Crippen molar-refractivity contribution in [3.05, 3.63) is 58.1 Å². The lowest BCUT2D eigenvalue weighted by Gasteiger charge is -2.31. The molecule has 142 valence electrons. The number of rotatable bonds is 4. The molecule has 6 heteroatoms. The Balaban J connectivity index is 1.69. The standard InChI is InChI=1S/C21H23BrN2O2S/c1-14(2)13-26-19-10-9-16(12-17(19)22)20(25)23-21(27)24-11-5-7-15-6-3-4-8-18(15)24/h3-4,6,8-10,12,14H,5,7,11,13H2,1-2H3,(H,23,25,27). The minimum absolute atomic E-state index is 0.223. The lowest BCUT2D eigenvalue weighted by Crippen LogP contribution is -2.45. The topological polar surface area (TPSA) is 41.6 Å². The Kier molecular flexibility index (Phi) is 6.50. The van der Waals surface area contributed by atoms with Crippen molar-refractivity contribution in [2.24, 2.45) is 5.92 Å². The zero-order valence-electron chi connectivity index (χ0n) is 15.5. The predicted octanol–water partition coefficient (Wildman–Crippen LogP) is 4.95. The van der Waals surface area contributed by atoms with Gasteiger partial charge in [0, 0.05) is 17.8 Å². The first kappa shape index (κ1) is 19.8. The van der Waals surface area contributed by atoms with Gasteiger partial charge in [-0.2, -0.15) is 0 Å². The number of para-hydroxylation sites is 1. The first-order valence-corrected chi connectivity index (χ1v) is 10.3. The van der Waals surface area contributed by atoms with Crippen LogP contribution in [0.25, 0.3) is 0 Å².